The number of allylic oxidation sites excluding steroid dienone is 1. The lowest BCUT2D eigenvalue weighted by molar-refractivity contribution is -0.145. The molecule has 3 aliphatic heterocycles. The van der Waals surface area contributed by atoms with E-state index in [1.54, 1.807) is 18.2 Å². The normalized spacial score (nSPS) is 28.8. The van der Waals surface area contributed by atoms with E-state index in [0.29, 0.717) is 43.2 Å². The molecule has 2 saturated carbocycles. The predicted octanol–water partition coefficient (Wildman–Crippen LogP) is 1.82. The van der Waals surface area contributed by atoms with Gasteiger partial charge in [0, 0.05) is 36.8 Å². The number of ketones is 1. The molecule has 6 rings (SSSR count). The first-order valence-electron chi connectivity index (χ1n) is 18.0. The van der Waals surface area contributed by atoms with Crippen molar-refractivity contribution in [3.8, 4) is 0 Å². The highest BCUT2D eigenvalue weighted by Crippen LogP contribution is 2.46. The Labute approximate surface area is 302 Å². The van der Waals surface area contributed by atoms with Crippen molar-refractivity contribution >= 4 is 39.6 Å². The maximum absolute atomic E-state index is 14.4. The number of halogens is 1. The molecule has 4 N–H and O–H groups in total. The third-order valence-corrected chi connectivity index (χ3v) is 13.0. The van der Waals surface area contributed by atoms with Crippen molar-refractivity contribution in [1.29, 1.82) is 0 Å². The molecule has 1 saturated heterocycles. The Kier molecular flexibility index (Phi) is 10.8. The molecule has 4 amide bonds. The third-order valence-electron chi connectivity index (χ3n) is 11.2. The lowest BCUT2D eigenvalue weighted by Crippen LogP contribution is -2.57. The predicted molar refractivity (Wildman–Crippen MR) is 183 cm³/mol. The van der Waals surface area contributed by atoms with Crippen LogP contribution in [0.4, 0.5) is 9.18 Å². The van der Waals surface area contributed by atoms with Crippen LogP contribution in [0.2, 0.25) is 0 Å². The molecule has 0 unspecified atom stereocenters. The fraction of sp³-hybridized carbons (Fsp3) is 0.639. The second kappa shape index (κ2) is 14.9. The number of hydrogen-bond acceptors (Lipinski definition) is 10. The van der Waals surface area contributed by atoms with Crippen molar-refractivity contribution in [3.05, 3.63) is 47.3 Å². The van der Waals surface area contributed by atoms with E-state index < -0.39 is 98.8 Å². The molecular weight excluding hydrogens is 699 g/mol. The summed E-state index contributed by atoms with van der Waals surface area (Å²) in [7, 11) is -3.94. The first-order chi connectivity index (χ1) is 24.7. The van der Waals surface area contributed by atoms with Gasteiger partial charge in [0.05, 0.1) is 37.0 Å². The Balaban J connectivity index is 1.26. The third kappa shape index (κ3) is 7.74. The Morgan fingerprint density at radius 2 is 1.85 bits per heavy atom. The molecule has 14 nitrogen and oxygen atoms in total. The van der Waals surface area contributed by atoms with Crippen molar-refractivity contribution in [2.24, 2.45) is 17.3 Å². The summed E-state index contributed by atoms with van der Waals surface area (Å²) in [4.78, 5) is 71.5. The van der Waals surface area contributed by atoms with Crippen LogP contribution in [0.25, 0.3) is 0 Å². The monoisotopic (exact) mass is 746 g/mol. The van der Waals surface area contributed by atoms with E-state index in [1.165, 1.54) is 22.8 Å². The molecule has 2 aliphatic carbocycles. The summed E-state index contributed by atoms with van der Waals surface area (Å²) < 4.78 is 47.9. The maximum Gasteiger partial charge on any atom is 0.410 e. The van der Waals surface area contributed by atoms with E-state index in [-0.39, 0.29) is 45.3 Å². The minimum Gasteiger partial charge on any atom is -0.444 e. The summed E-state index contributed by atoms with van der Waals surface area (Å²) in [5.41, 5.74) is -2.06. The van der Waals surface area contributed by atoms with E-state index in [9.17, 15) is 47.0 Å². The van der Waals surface area contributed by atoms with Crippen LogP contribution in [-0.2, 0) is 47.0 Å². The molecular formula is C36H47FN4O10S. The molecule has 0 radical (unpaired) electrons. The number of nitrogens with one attached hydrogen (secondary N) is 2. The molecule has 5 aliphatic rings. The van der Waals surface area contributed by atoms with E-state index in [1.807, 2.05) is 6.08 Å². The summed E-state index contributed by atoms with van der Waals surface area (Å²) in [5.74, 6) is -4.55. The second-order valence-electron chi connectivity index (χ2n) is 15.2. The summed E-state index contributed by atoms with van der Waals surface area (Å²) in [6.07, 6.45) is 5.42. The smallest absolute Gasteiger partial charge is 0.410 e. The number of benzene rings is 1. The van der Waals surface area contributed by atoms with E-state index >= 15 is 0 Å². The van der Waals surface area contributed by atoms with E-state index in [0.717, 1.165) is 6.42 Å². The standard InChI is InChI=1S/C36H47FN4O10S/c1-35(20-42,21-43)30(44)14-22-8-5-3-2-4-6-10-24-16-36(24,33(47)39-52(49,50)26-12-13-26)38-31(45)29-15-25(18-41(29)32(22)46)51-34(48)40-17-23-9-7-11-28(37)27(23)19-40/h6-7,9-11,22,24-26,29,42-43H,2-5,8,12-21H2,1H3,(H,38,45)(H,39,47)/b10-6-/t22-,24-,25-,29+,36-/m1/s1. The lowest BCUT2D eigenvalue weighted by atomic mass is 9.81. The summed E-state index contributed by atoms with van der Waals surface area (Å²) in [6.45, 7) is 0.0270. The van der Waals surface area contributed by atoms with Gasteiger partial charge in [-0.25, -0.2) is 17.6 Å². The fourth-order valence-electron chi connectivity index (χ4n) is 7.40. The largest absolute Gasteiger partial charge is 0.444 e. The van der Waals surface area contributed by atoms with Crippen LogP contribution >= 0.6 is 0 Å². The summed E-state index contributed by atoms with van der Waals surface area (Å²) in [6, 6.07) is 3.32. The molecule has 52 heavy (non-hydrogen) atoms. The Bertz CT molecular complexity index is 1750. The molecule has 0 spiro atoms. The van der Waals surface area contributed by atoms with E-state index in [2.05, 4.69) is 10.0 Å². The number of fused-ring (bicyclic) bond motifs is 3. The van der Waals surface area contributed by atoms with Gasteiger partial charge in [0.15, 0.2) is 0 Å². The summed E-state index contributed by atoms with van der Waals surface area (Å²) in [5, 5.41) is 21.9. The number of Topliss-reactive ketones (excluding diaryl/α,β-unsaturated/α-hetero) is 1. The second-order valence-corrected chi connectivity index (χ2v) is 17.2. The maximum atomic E-state index is 14.4. The van der Waals surface area contributed by atoms with E-state index in [4.69, 9.17) is 4.74 Å². The van der Waals surface area contributed by atoms with Crippen molar-refractivity contribution < 1.29 is 51.7 Å². The van der Waals surface area contributed by atoms with Crippen LogP contribution in [-0.4, -0.2) is 101 Å². The fourth-order valence-corrected chi connectivity index (χ4v) is 8.77. The van der Waals surface area contributed by atoms with Crippen molar-refractivity contribution in [2.45, 2.75) is 107 Å². The Morgan fingerprint density at radius 3 is 2.54 bits per heavy atom. The van der Waals surface area contributed by atoms with Crippen molar-refractivity contribution in [2.75, 3.05) is 19.8 Å². The van der Waals surface area contributed by atoms with Crippen molar-refractivity contribution in [3.63, 3.8) is 0 Å². The van der Waals surface area contributed by atoms with Crippen LogP contribution in [0.15, 0.2) is 30.4 Å². The molecule has 3 fully saturated rings. The van der Waals surface area contributed by atoms with Gasteiger partial charge < -0.3 is 25.2 Å². The number of aliphatic hydroxyl groups excluding tert-OH is 2. The number of aliphatic hydroxyl groups is 2. The first-order valence-corrected chi connectivity index (χ1v) is 19.6. The number of carbonyl (C=O) groups excluding carboxylic acids is 5. The number of sulfonamides is 1. The minimum absolute atomic E-state index is 0.0188. The molecule has 16 heteroatoms. The highest BCUT2D eigenvalue weighted by atomic mass is 32.2. The Morgan fingerprint density at radius 1 is 1.10 bits per heavy atom. The van der Waals surface area contributed by atoms with Gasteiger partial charge in [-0.15, -0.1) is 0 Å². The number of amides is 4. The van der Waals surface area contributed by atoms with Gasteiger partial charge in [0.25, 0.3) is 5.91 Å². The molecule has 1 aromatic rings. The van der Waals surface area contributed by atoms with Gasteiger partial charge in [-0.2, -0.15) is 0 Å². The van der Waals surface area contributed by atoms with Gasteiger partial charge in [-0.05, 0) is 57.1 Å². The molecule has 1 aromatic carbocycles. The van der Waals surface area contributed by atoms with Crippen LogP contribution in [0.1, 0.15) is 82.3 Å². The number of carbonyl (C=O) groups is 5. The van der Waals surface area contributed by atoms with Gasteiger partial charge in [-0.3, -0.25) is 28.8 Å². The zero-order valence-electron chi connectivity index (χ0n) is 29.2. The summed E-state index contributed by atoms with van der Waals surface area (Å²) >= 11 is 0. The van der Waals surface area contributed by atoms with Gasteiger partial charge in [0.1, 0.15) is 29.3 Å². The van der Waals surface area contributed by atoms with Crippen LogP contribution in [0.3, 0.4) is 0 Å². The molecule has 0 bridgehead atoms. The number of rotatable bonds is 9. The first kappa shape index (κ1) is 37.9. The SMILES string of the molecule is CC(CO)(CO)C(=O)C[C@H]1CCCCC/C=C\[C@@H]2C[C@@]2(C(=O)NS(=O)(=O)C2CC2)NC(=O)[C@@H]2C[C@@H](OC(=O)N3Cc4cccc(F)c4C3)CN2C1=O. The topological polar surface area (TPSA) is 200 Å². The molecule has 3 heterocycles. The average Bonchev–Trinajstić information content (AvgIpc) is 4.00. The number of hydrogen-bond donors (Lipinski definition) is 4. The minimum atomic E-state index is -3.94. The van der Waals surface area contributed by atoms with Crippen LogP contribution in [0.5, 0.6) is 0 Å². The van der Waals surface area contributed by atoms with Crippen molar-refractivity contribution in [1.82, 2.24) is 19.8 Å². The Hall–Kier alpha value is -3.89. The number of nitrogens with zero attached hydrogens (tertiary/aromatic N) is 2. The van der Waals surface area contributed by atoms with Gasteiger partial charge in [-0.1, -0.05) is 37.1 Å². The van der Waals surface area contributed by atoms with Crippen LogP contribution < -0.4 is 10.0 Å². The quantitative estimate of drug-likeness (QED) is 0.270. The lowest BCUT2D eigenvalue weighted by Gasteiger charge is -2.31. The zero-order chi connectivity index (χ0) is 37.4. The van der Waals surface area contributed by atoms with Gasteiger partial charge in [0.2, 0.25) is 21.8 Å². The van der Waals surface area contributed by atoms with Gasteiger partial charge >= 0.3 is 6.09 Å². The molecule has 5 atom stereocenters. The van der Waals surface area contributed by atoms with Crippen LogP contribution in [0, 0.1) is 23.1 Å². The number of ether oxygens (including phenoxy) is 1. The molecule has 0 aromatic heterocycles. The average molecular weight is 747 g/mol. The highest BCUT2D eigenvalue weighted by Gasteiger charge is 2.62. The zero-order valence-corrected chi connectivity index (χ0v) is 30.0. The highest BCUT2D eigenvalue weighted by molar-refractivity contribution is 7.91. The molecule has 284 valence electrons.